The molecule has 0 aromatic carbocycles. The quantitative estimate of drug-likeness (QED) is 0.484. The second kappa shape index (κ2) is 7.27. The summed E-state index contributed by atoms with van der Waals surface area (Å²) in [6.45, 7) is 7.63. The van der Waals surface area contributed by atoms with E-state index in [0.717, 1.165) is 22.3 Å². The number of carbonyl (C=O) groups excluding carboxylic acids is 4. The molecule has 4 aliphatic rings. The van der Waals surface area contributed by atoms with Crippen LogP contribution >= 0.6 is 0 Å². The van der Waals surface area contributed by atoms with Crippen molar-refractivity contribution < 1.29 is 33.1 Å². The number of carbonyl (C=O) groups is 4. The van der Waals surface area contributed by atoms with Gasteiger partial charge in [-0.05, 0) is 49.3 Å². The minimum Gasteiger partial charge on any atom is -0.472 e. The molecule has 0 radical (unpaired) electrons. The molecule has 34 heavy (non-hydrogen) atoms. The first kappa shape index (κ1) is 22.8. The van der Waals surface area contributed by atoms with Crippen LogP contribution in [0.25, 0.3) is 0 Å². The van der Waals surface area contributed by atoms with Crippen molar-refractivity contribution in [3.63, 3.8) is 0 Å². The van der Waals surface area contributed by atoms with Crippen LogP contribution in [0.3, 0.4) is 0 Å². The van der Waals surface area contributed by atoms with Crippen LogP contribution in [0.1, 0.15) is 65.0 Å². The number of ketones is 2. The van der Waals surface area contributed by atoms with Gasteiger partial charge in [0.05, 0.1) is 37.4 Å². The zero-order valence-electron chi connectivity index (χ0n) is 20.2. The number of hydrogen-bond acceptors (Lipinski definition) is 7. The van der Waals surface area contributed by atoms with Gasteiger partial charge in [-0.1, -0.05) is 26.3 Å². The van der Waals surface area contributed by atoms with Crippen molar-refractivity contribution >= 4 is 23.5 Å². The molecule has 0 unspecified atom stereocenters. The van der Waals surface area contributed by atoms with Gasteiger partial charge in [0.1, 0.15) is 11.9 Å². The molecule has 5 rings (SSSR count). The Bertz CT molecular complexity index is 1170. The summed E-state index contributed by atoms with van der Waals surface area (Å²) < 4.78 is 16.0. The molecule has 1 saturated carbocycles. The molecule has 7 nitrogen and oxygen atoms in total. The van der Waals surface area contributed by atoms with Crippen LogP contribution in [-0.4, -0.2) is 30.6 Å². The fourth-order valence-corrected chi connectivity index (χ4v) is 7.22. The first-order valence-electron chi connectivity index (χ1n) is 11.8. The van der Waals surface area contributed by atoms with E-state index in [-0.39, 0.29) is 24.4 Å². The SMILES string of the molecule is COC(=O)C[C@H]1C(C)(C)C(=O)[C@H]2CC3=C(CC[C@]4(C)C3=CC(=O)O[C@H]4c3ccoc3)[C@@]1(C)C2=O. The number of ether oxygens (including phenoxy) is 2. The first-order chi connectivity index (χ1) is 16.0. The lowest BCUT2D eigenvalue weighted by Crippen LogP contribution is -2.61. The number of methoxy groups -OCH3 is 1. The van der Waals surface area contributed by atoms with Crippen molar-refractivity contribution in [1.82, 2.24) is 0 Å². The third-order valence-corrected chi connectivity index (χ3v) is 9.10. The fourth-order valence-electron chi connectivity index (χ4n) is 7.22. The van der Waals surface area contributed by atoms with Crippen LogP contribution in [0.5, 0.6) is 0 Å². The van der Waals surface area contributed by atoms with E-state index in [2.05, 4.69) is 6.92 Å². The summed E-state index contributed by atoms with van der Waals surface area (Å²) in [6.07, 6.45) is 5.71. The van der Waals surface area contributed by atoms with E-state index in [9.17, 15) is 19.2 Å². The predicted molar refractivity (Wildman–Crippen MR) is 120 cm³/mol. The highest BCUT2D eigenvalue weighted by Crippen LogP contribution is 2.65. The molecule has 5 atom stereocenters. The van der Waals surface area contributed by atoms with Crippen LogP contribution in [0.15, 0.2) is 45.8 Å². The maximum atomic E-state index is 13.8. The minimum absolute atomic E-state index is 0.0169. The number of Topliss-reactive ketones (excluding diaryl/α,β-unsaturated/α-hetero) is 2. The van der Waals surface area contributed by atoms with Crippen LogP contribution < -0.4 is 0 Å². The van der Waals surface area contributed by atoms with Crippen molar-refractivity contribution in [2.75, 3.05) is 7.11 Å². The third kappa shape index (κ3) is 2.82. The molecule has 3 aliphatic carbocycles. The first-order valence-corrected chi connectivity index (χ1v) is 11.8. The molecule has 2 bridgehead atoms. The van der Waals surface area contributed by atoms with E-state index in [4.69, 9.17) is 13.9 Å². The fraction of sp³-hybridized carbons (Fsp3) is 0.556. The van der Waals surface area contributed by atoms with Crippen LogP contribution in [0.4, 0.5) is 0 Å². The van der Waals surface area contributed by atoms with Crippen molar-refractivity contribution in [3.05, 3.63) is 47.0 Å². The van der Waals surface area contributed by atoms with Gasteiger partial charge in [-0.3, -0.25) is 14.4 Å². The third-order valence-electron chi connectivity index (χ3n) is 9.10. The number of allylic oxidation sites excluding steroid dienone is 2. The second-order valence-electron chi connectivity index (χ2n) is 11.0. The largest absolute Gasteiger partial charge is 0.472 e. The van der Waals surface area contributed by atoms with Crippen LogP contribution in [-0.2, 0) is 28.7 Å². The molecule has 180 valence electrons. The summed E-state index contributed by atoms with van der Waals surface area (Å²) in [7, 11) is 1.32. The van der Waals surface area contributed by atoms with Gasteiger partial charge in [-0.2, -0.15) is 0 Å². The summed E-state index contributed by atoms with van der Waals surface area (Å²) >= 11 is 0. The molecule has 1 aliphatic heterocycles. The number of cyclic esters (lactones) is 1. The van der Waals surface area contributed by atoms with E-state index >= 15 is 0 Å². The molecule has 2 heterocycles. The predicted octanol–water partition coefficient (Wildman–Crippen LogP) is 4.28. The molecule has 0 saturated heterocycles. The summed E-state index contributed by atoms with van der Waals surface area (Å²) in [4.78, 5) is 52.5. The van der Waals surface area contributed by atoms with Gasteiger partial charge in [0.25, 0.3) is 0 Å². The molecule has 0 amide bonds. The summed E-state index contributed by atoms with van der Waals surface area (Å²) in [5.74, 6) is -2.46. The molecule has 0 N–H and O–H groups in total. The highest BCUT2D eigenvalue weighted by molar-refractivity contribution is 6.12. The van der Waals surface area contributed by atoms with Gasteiger partial charge in [-0.15, -0.1) is 0 Å². The van der Waals surface area contributed by atoms with Gasteiger partial charge in [0.15, 0.2) is 5.78 Å². The van der Waals surface area contributed by atoms with Gasteiger partial charge < -0.3 is 13.9 Å². The maximum Gasteiger partial charge on any atom is 0.331 e. The Kier molecular flexibility index (Phi) is 4.88. The minimum atomic E-state index is -0.988. The molecule has 1 aromatic heterocycles. The lowest BCUT2D eigenvalue weighted by Gasteiger charge is -2.58. The molecule has 1 aromatic rings. The lowest BCUT2D eigenvalue weighted by molar-refractivity contribution is -0.162. The monoisotopic (exact) mass is 466 g/mol. The molecule has 7 heteroatoms. The number of fused-ring (bicyclic) bond motifs is 5. The molecule has 1 fully saturated rings. The highest BCUT2D eigenvalue weighted by Gasteiger charge is 2.65. The number of rotatable bonds is 3. The van der Waals surface area contributed by atoms with E-state index in [0.29, 0.717) is 12.8 Å². The van der Waals surface area contributed by atoms with Crippen LogP contribution in [0, 0.1) is 28.1 Å². The molecular weight excluding hydrogens is 436 g/mol. The van der Waals surface area contributed by atoms with E-state index < -0.39 is 46.1 Å². The van der Waals surface area contributed by atoms with Gasteiger partial charge in [-0.25, -0.2) is 4.79 Å². The van der Waals surface area contributed by atoms with Gasteiger partial charge in [0.2, 0.25) is 0 Å². The molecular formula is C27H30O7. The van der Waals surface area contributed by atoms with Gasteiger partial charge in [0, 0.05) is 22.5 Å². The second-order valence-corrected chi connectivity index (χ2v) is 11.0. The van der Waals surface area contributed by atoms with Crippen LogP contribution in [0.2, 0.25) is 0 Å². The maximum absolute atomic E-state index is 13.8. The standard InChI is InChI=1S/C27H30O7/c1-25(2)19(12-20(28)32-5)27(4)17-6-8-26(3)18(15(17)10-16(22(25)30)23(27)31)11-21(29)34-24(26)14-7-9-33-13-14/h7,9,11,13,16,19,24H,6,8,10,12H2,1-5H3/t16-,19+,24+,26-,27-/m1/s1. The zero-order valence-corrected chi connectivity index (χ0v) is 20.2. The topological polar surface area (TPSA) is 99.9 Å². The average Bonchev–Trinajstić information content (AvgIpc) is 3.32. The Morgan fingerprint density at radius 3 is 2.53 bits per heavy atom. The van der Waals surface area contributed by atoms with E-state index in [1.165, 1.54) is 13.2 Å². The summed E-state index contributed by atoms with van der Waals surface area (Å²) in [5.41, 5.74) is 1.11. The number of furan rings is 1. The van der Waals surface area contributed by atoms with Crippen molar-refractivity contribution in [2.24, 2.45) is 28.1 Å². The Labute approximate surface area is 198 Å². The normalized spacial score (nSPS) is 36.3. The average molecular weight is 467 g/mol. The van der Waals surface area contributed by atoms with E-state index in [1.807, 2.05) is 20.8 Å². The van der Waals surface area contributed by atoms with Crippen molar-refractivity contribution in [1.29, 1.82) is 0 Å². The summed E-state index contributed by atoms with van der Waals surface area (Å²) in [5, 5.41) is 0. The Morgan fingerprint density at radius 2 is 1.88 bits per heavy atom. The van der Waals surface area contributed by atoms with Crippen molar-refractivity contribution in [3.8, 4) is 0 Å². The number of esters is 2. The Balaban J connectivity index is 1.70. The number of hydrogen-bond donors (Lipinski definition) is 0. The smallest absolute Gasteiger partial charge is 0.331 e. The highest BCUT2D eigenvalue weighted by atomic mass is 16.5. The Hall–Kier alpha value is -2.96. The summed E-state index contributed by atoms with van der Waals surface area (Å²) in [6, 6.07) is 1.80. The Morgan fingerprint density at radius 1 is 1.15 bits per heavy atom. The lowest BCUT2D eigenvalue weighted by atomic mass is 9.43. The van der Waals surface area contributed by atoms with E-state index in [1.54, 1.807) is 18.6 Å². The van der Waals surface area contributed by atoms with Gasteiger partial charge >= 0.3 is 11.9 Å². The van der Waals surface area contributed by atoms with Crippen molar-refractivity contribution in [2.45, 2.75) is 59.5 Å². The zero-order chi connectivity index (χ0) is 24.6. The molecule has 0 spiro atoms.